The monoisotopic (exact) mass is 655 g/mol. The number of aliphatic hydroxyl groups excluding tert-OH is 1. The molecule has 0 radical (unpaired) electrons. The van der Waals surface area contributed by atoms with Gasteiger partial charge < -0.3 is 33.4 Å². The first-order chi connectivity index (χ1) is 21.7. The molecule has 250 valence electrons. The van der Waals surface area contributed by atoms with Crippen molar-refractivity contribution in [3.8, 4) is 0 Å². The van der Waals surface area contributed by atoms with Crippen LogP contribution in [0.4, 0.5) is 0 Å². The summed E-state index contributed by atoms with van der Waals surface area (Å²) in [5.74, 6) is -2.53. The summed E-state index contributed by atoms with van der Waals surface area (Å²) in [6, 6.07) is 19.1. The average Bonchev–Trinajstić information content (AvgIpc) is 2.98. The van der Waals surface area contributed by atoms with E-state index in [0.717, 1.165) is 24.2 Å². The Kier molecular flexibility index (Phi) is 12.8. The van der Waals surface area contributed by atoms with E-state index in [1.54, 1.807) is 12.2 Å². The Hall–Kier alpha value is -3.84. The van der Waals surface area contributed by atoms with E-state index >= 15 is 0 Å². The van der Waals surface area contributed by atoms with Crippen LogP contribution in [-0.2, 0) is 42.6 Å². The first-order valence-electron chi connectivity index (χ1n) is 15.2. The third kappa shape index (κ3) is 8.90. The fourth-order valence-electron chi connectivity index (χ4n) is 5.88. The van der Waals surface area contributed by atoms with Crippen molar-refractivity contribution in [3.63, 3.8) is 0 Å². The van der Waals surface area contributed by atoms with Gasteiger partial charge in [-0.2, -0.15) is 0 Å². The van der Waals surface area contributed by atoms with Crippen molar-refractivity contribution in [2.24, 2.45) is 0 Å². The summed E-state index contributed by atoms with van der Waals surface area (Å²) in [5.41, 5.74) is 0. The largest absolute Gasteiger partial charge is 0.463 e. The lowest BCUT2D eigenvalue weighted by atomic mass is 9.94. The number of esters is 3. The van der Waals surface area contributed by atoms with Gasteiger partial charge >= 0.3 is 17.9 Å². The average molecular weight is 656 g/mol. The van der Waals surface area contributed by atoms with Crippen molar-refractivity contribution in [2.75, 3.05) is 19.8 Å². The highest BCUT2D eigenvalue weighted by Gasteiger charge is 2.53. The van der Waals surface area contributed by atoms with Crippen LogP contribution in [0.15, 0.2) is 72.8 Å². The van der Waals surface area contributed by atoms with E-state index < -0.39 is 62.8 Å². The van der Waals surface area contributed by atoms with Gasteiger partial charge in [0, 0.05) is 34.2 Å². The van der Waals surface area contributed by atoms with Crippen LogP contribution in [0.5, 0.6) is 0 Å². The van der Waals surface area contributed by atoms with E-state index in [0.29, 0.717) is 0 Å². The number of carbonyl (C=O) groups excluding carboxylic acids is 4. The summed E-state index contributed by atoms with van der Waals surface area (Å²) in [5, 5.41) is 13.1. The minimum atomic E-state index is -2.80. The van der Waals surface area contributed by atoms with Crippen LogP contribution in [0.1, 0.15) is 48.5 Å². The molecule has 0 aromatic heterocycles. The van der Waals surface area contributed by atoms with E-state index in [-0.39, 0.29) is 24.8 Å². The van der Waals surface area contributed by atoms with Gasteiger partial charge in [0.05, 0.1) is 6.61 Å². The first kappa shape index (κ1) is 36.6. The van der Waals surface area contributed by atoms with Gasteiger partial charge in [-0.3, -0.25) is 19.2 Å². The van der Waals surface area contributed by atoms with Crippen molar-refractivity contribution in [3.05, 3.63) is 72.8 Å². The van der Waals surface area contributed by atoms with Crippen LogP contribution >= 0.6 is 0 Å². The molecule has 1 aliphatic heterocycles. The van der Waals surface area contributed by atoms with Crippen molar-refractivity contribution in [1.82, 2.24) is 4.90 Å². The standard InChI is InChI=1S/C34H45NO10Si/c1-23(36)35(30-32(44-26(4)39)31(43-25(3)38)29(45-33(30)40)22-41-24(2)37)20-14-15-21-42-46(34(5,6)7,27-16-10-8-11-17-27)28-18-12-9-13-19-28/h8-19,29-33,40H,20-22H2,1-7H3/b15-14-/t29-,30-,31-,32-,33-/m1/s1. The molecule has 2 aromatic carbocycles. The Labute approximate surface area is 271 Å². The van der Waals surface area contributed by atoms with Crippen molar-refractivity contribution in [2.45, 2.75) is 84.1 Å². The number of benzene rings is 2. The van der Waals surface area contributed by atoms with E-state index in [2.05, 4.69) is 45.0 Å². The highest BCUT2D eigenvalue weighted by atomic mass is 28.4. The van der Waals surface area contributed by atoms with E-state index in [9.17, 15) is 24.3 Å². The zero-order valence-corrected chi connectivity index (χ0v) is 28.5. The van der Waals surface area contributed by atoms with E-state index in [4.69, 9.17) is 23.4 Å². The molecule has 1 heterocycles. The molecule has 2 aromatic rings. The Bertz CT molecular complexity index is 1320. The zero-order chi connectivity index (χ0) is 34.1. The topological polar surface area (TPSA) is 138 Å². The minimum absolute atomic E-state index is 0.0102. The maximum Gasteiger partial charge on any atom is 0.303 e. The van der Waals surface area contributed by atoms with Crippen molar-refractivity contribution >= 4 is 42.5 Å². The van der Waals surface area contributed by atoms with Gasteiger partial charge in [-0.05, 0) is 15.4 Å². The third-order valence-corrected chi connectivity index (χ3v) is 12.7. The normalized spacial score (nSPS) is 21.8. The van der Waals surface area contributed by atoms with E-state index in [1.807, 2.05) is 36.4 Å². The Morgan fingerprint density at radius 1 is 0.826 bits per heavy atom. The lowest BCUT2D eigenvalue weighted by molar-refractivity contribution is -0.277. The number of amides is 1. The fraction of sp³-hybridized carbons (Fsp3) is 0.471. The number of hydrogen-bond donors (Lipinski definition) is 1. The molecular weight excluding hydrogens is 610 g/mol. The number of hydrogen-bond acceptors (Lipinski definition) is 10. The molecule has 1 N–H and O–H groups in total. The molecule has 1 fully saturated rings. The van der Waals surface area contributed by atoms with Crippen LogP contribution in [-0.4, -0.2) is 92.5 Å². The lowest BCUT2D eigenvalue weighted by Gasteiger charge is -2.47. The molecule has 0 unspecified atom stereocenters. The van der Waals surface area contributed by atoms with Gasteiger partial charge in [0.2, 0.25) is 5.91 Å². The smallest absolute Gasteiger partial charge is 0.303 e. The molecule has 1 saturated heterocycles. The fourth-order valence-corrected chi connectivity index (χ4v) is 10.4. The van der Waals surface area contributed by atoms with Gasteiger partial charge in [-0.1, -0.05) is 93.6 Å². The van der Waals surface area contributed by atoms with Crippen molar-refractivity contribution < 1.29 is 47.7 Å². The summed E-state index contributed by atoms with van der Waals surface area (Å²) >= 11 is 0. The molecule has 1 aliphatic rings. The summed E-state index contributed by atoms with van der Waals surface area (Å²) in [6.07, 6.45) is -1.90. The van der Waals surface area contributed by atoms with Crippen LogP contribution < -0.4 is 10.4 Å². The molecule has 12 heteroatoms. The summed E-state index contributed by atoms with van der Waals surface area (Å²) in [6.45, 7) is 11.2. The van der Waals surface area contributed by atoms with Crippen molar-refractivity contribution in [1.29, 1.82) is 0 Å². The summed E-state index contributed by atoms with van der Waals surface area (Å²) < 4.78 is 28.6. The molecule has 5 atom stereocenters. The second kappa shape index (κ2) is 16.1. The van der Waals surface area contributed by atoms with Gasteiger partial charge in [0.15, 0.2) is 18.5 Å². The Morgan fingerprint density at radius 2 is 1.35 bits per heavy atom. The highest BCUT2D eigenvalue weighted by Crippen LogP contribution is 2.36. The summed E-state index contributed by atoms with van der Waals surface area (Å²) in [7, 11) is -2.80. The second-order valence-electron chi connectivity index (χ2n) is 12.1. The molecule has 0 bridgehead atoms. The molecular formula is C34H45NO10Si. The molecule has 0 aliphatic carbocycles. The van der Waals surface area contributed by atoms with Crippen LogP contribution in [0, 0.1) is 0 Å². The lowest BCUT2D eigenvalue weighted by Crippen LogP contribution is -2.67. The van der Waals surface area contributed by atoms with Crippen LogP contribution in [0.3, 0.4) is 0 Å². The predicted molar refractivity (Wildman–Crippen MR) is 173 cm³/mol. The molecule has 1 amide bonds. The number of carbonyl (C=O) groups is 4. The molecule has 0 saturated carbocycles. The van der Waals surface area contributed by atoms with Crippen LogP contribution in [0.2, 0.25) is 5.04 Å². The second-order valence-corrected chi connectivity index (χ2v) is 16.4. The maximum absolute atomic E-state index is 13.0. The minimum Gasteiger partial charge on any atom is -0.463 e. The Balaban J connectivity index is 1.90. The number of nitrogens with zero attached hydrogens (tertiary/aromatic N) is 1. The van der Waals surface area contributed by atoms with Gasteiger partial charge in [0.1, 0.15) is 18.8 Å². The quantitative estimate of drug-likeness (QED) is 0.157. The molecule has 3 rings (SSSR count). The van der Waals surface area contributed by atoms with E-state index in [1.165, 1.54) is 18.7 Å². The number of ether oxygens (including phenoxy) is 4. The maximum atomic E-state index is 13.0. The Morgan fingerprint density at radius 3 is 1.80 bits per heavy atom. The van der Waals surface area contributed by atoms with Gasteiger partial charge in [-0.25, -0.2) is 0 Å². The van der Waals surface area contributed by atoms with Gasteiger partial charge in [0.25, 0.3) is 8.32 Å². The van der Waals surface area contributed by atoms with Gasteiger partial charge in [-0.15, -0.1) is 0 Å². The first-order valence-corrected chi connectivity index (χ1v) is 17.1. The third-order valence-electron chi connectivity index (χ3n) is 7.73. The number of rotatable bonds is 12. The molecule has 11 nitrogen and oxygen atoms in total. The predicted octanol–water partition coefficient (Wildman–Crippen LogP) is 2.48. The zero-order valence-electron chi connectivity index (χ0n) is 27.5. The highest BCUT2D eigenvalue weighted by molar-refractivity contribution is 6.99. The molecule has 46 heavy (non-hydrogen) atoms. The SMILES string of the molecule is CC(=O)OC[C@H]1O[C@@H](O)[C@H](N(C/C=C\CO[Si](c2ccccc2)(c2ccccc2)C(C)(C)C)C(C)=O)[C@@H](OC(C)=O)[C@@H]1OC(C)=O. The number of aliphatic hydroxyl groups is 1. The van der Waals surface area contributed by atoms with Crippen LogP contribution in [0.25, 0.3) is 0 Å². The molecule has 0 spiro atoms. The summed E-state index contributed by atoms with van der Waals surface area (Å²) in [4.78, 5) is 49.9.